The molecular formula is C22H32O6. The first-order chi connectivity index (χ1) is 13.1. The van der Waals surface area contributed by atoms with Crippen molar-refractivity contribution >= 4 is 11.8 Å². The predicted molar refractivity (Wildman–Crippen MR) is 104 cm³/mol. The second-order valence-electron chi connectivity index (χ2n) is 8.88. The first-order valence-corrected chi connectivity index (χ1v) is 10.4. The van der Waals surface area contributed by atoms with E-state index in [-0.39, 0.29) is 29.8 Å². The largest absolute Gasteiger partial charge is 0.511 e. The normalized spacial score (nSPS) is 41.5. The van der Waals surface area contributed by atoms with Gasteiger partial charge in [0.15, 0.2) is 5.78 Å². The molecule has 156 valence electrons. The van der Waals surface area contributed by atoms with E-state index in [0.29, 0.717) is 30.4 Å². The lowest BCUT2D eigenvalue weighted by Gasteiger charge is -2.33. The standard InChI is InChI=1S/C22H32O6/c1-5-6-14-18-10-16(23)12(2)9-17(24)20-13(3)11-22(4,28-20)8-7-15(19(14)25)21(26)27-18/h9,13-14,17-18,20,24-25H,5-8,10-11H2,1-4H3/b12-9-/t13-,14+,17+,18+,20+,22-/m0/s1. The molecule has 0 aliphatic carbocycles. The van der Waals surface area contributed by atoms with Gasteiger partial charge in [-0.3, -0.25) is 4.79 Å². The quantitative estimate of drug-likeness (QED) is 0.700. The molecule has 0 radical (unpaired) electrons. The molecule has 4 aliphatic heterocycles. The van der Waals surface area contributed by atoms with Crippen LogP contribution in [0.3, 0.4) is 0 Å². The minimum absolute atomic E-state index is 0.00158. The molecule has 28 heavy (non-hydrogen) atoms. The fourth-order valence-electron chi connectivity index (χ4n) is 4.88. The molecule has 1 fully saturated rings. The van der Waals surface area contributed by atoms with Crippen molar-refractivity contribution in [1.29, 1.82) is 0 Å². The number of carbonyl (C=O) groups excluding carboxylic acids is 2. The average Bonchev–Trinajstić information content (AvgIpc) is 2.92. The van der Waals surface area contributed by atoms with E-state index in [1.54, 1.807) is 13.0 Å². The predicted octanol–water partition coefficient (Wildman–Crippen LogP) is 3.38. The Morgan fingerprint density at radius 3 is 2.71 bits per heavy atom. The Morgan fingerprint density at radius 1 is 1.32 bits per heavy atom. The summed E-state index contributed by atoms with van der Waals surface area (Å²) in [4.78, 5) is 25.3. The summed E-state index contributed by atoms with van der Waals surface area (Å²) in [6.45, 7) is 7.66. The maximum Gasteiger partial charge on any atom is 0.337 e. The summed E-state index contributed by atoms with van der Waals surface area (Å²) >= 11 is 0. The lowest BCUT2D eigenvalue weighted by atomic mass is 9.84. The summed E-state index contributed by atoms with van der Waals surface area (Å²) in [5.74, 6) is -0.915. The molecule has 0 saturated carbocycles. The highest BCUT2D eigenvalue weighted by molar-refractivity contribution is 5.96. The molecule has 0 aromatic carbocycles. The third-order valence-electron chi connectivity index (χ3n) is 6.44. The van der Waals surface area contributed by atoms with Crippen LogP contribution in [0.15, 0.2) is 23.0 Å². The van der Waals surface area contributed by atoms with Crippen molar-refractivity contribution in [3.8, 4) is 0 Å². The van der Waals surface area contributed by atoms with E-state index < -0.39 is 29.9 Å². The summed E-state index contributed by atoms with van der Waals surface area (Å²) in [7, 11) is 0. The second-order valence-corrected chi connectivity index (χ2v) is 8.88. The lowest BCUT2D eigenvalue weighted by Crippen LogP contribution is -2.38. The Bertz CT molecular complexity index is 708. The van der Waals surface area contributed by atoms with Crippen molar-refractivity contribution < 1.29 is 29.3 Å². The van der Waals surface area contributed by atoms with Gasteiger partial charge in [0.1, 0.15) is 11.9 Å². The first kappa shape index (κ1) is 21.1. The van der Waals surface area contributed by atoms with Crippen LogP contribution < -0.4 is 0 Å². The number of hydrogen-bond acceptors (Lipinski definition) is 6. The monoisotopic (exact) mass is 392 g/mol. The fraction of sp³-hybridized carbons (Fsp3) is 0.727. The lowest BCUT2D eigenvalue weighted by molar-refractivity contribution is -0.152. The number of aliphatic hydroxyl groups is 2. The maximum absolute atomic E-state index is 12.7. The molecule has 0 unspecified atom stereocenters. The van der Waals surface area contributed by atoms with Gasteiger partial charge in [-0.15, -0.1) is 0 Å². The van der Waals surface area contributed by atoms with Crippen molar-refractivity contribution in [1.82, 2.24) is 0 Å². The number of fused-ring (bicyclic) bond motifs is 6. The number of esters is 1. The fourth-order valence-corrected chi connectivity index (χ4v) is 4.88. The molecule has 6 nitrogen and oxygen atoms in total. The number of ketones is 1. The highest BCUT2D eigenvalue weighted by atomic mass is 16.5. The first-order valence-electron chi connectivity index (χ1n) is 10.4. The highest BCUT2D eigenvalue weighted by Gasteiger charge is 2.45. The van der Waals surface area contributed by atoms with E-state index in [4.69, 9.17) is 9.47 Å². The van der Waals surface area contributed by atoms with Gasteiger partial charge in [0.25, 0.3) is 0 Å². The Balaban J connectivity index is 2.01. The van der Waals surface area contributed by atoms with Crippen LogP contribution in [0.5, 0.6) is 0 Å². The summed E-state index contributed by atoms with van der Waals surface area (Å²) in [5.41, 5.74) is 0.216. The van der Waals surface area contributed by atoms with Crippen molar-refractivity contribution in [2.45, 2.75) is 90.1 Å². The number of Topliss-reactive ketones (excluding diaryl/α,β-unsaturated/α-hetero) is 1. The Morgan fingerprint density at radius 2 is 2.04 bits per heavy atom. The summed E-state index contributed by atoms with van der Waals surface area (Å²) in [6, 6.07) is 0. The van der Waals surface area contributed by atoms with E-state index in [1.165, 1.54) is 0 Å². The smallest absolute Gasteiger partial charge is 0.337 e. The van der Waals surface area contributed by atoms with Crippen molar-refractivity contribution in [2.75, 3.05) is 0 Å². The van der Waals surface area contributed by atoms with E-state index in [2.05, 4.69) is 0 Å². The van der Waals surface area contributed by atoms with Gasteiger partial charge >= 0.3 is 5.97 Å². The molecule has 0 spiro atoms. The molecule has 6 heteroatoms. The second kappa shape index (κ2) is 7.99. The molecule has 4 bridgehead atoms. The van der Waals surface area contributed by atoms with Gasteiger partial charge in [0.2, 0.25) is 0 Å². The van der Waals surface area contributed by atoms with Gasteiger partial charge < -0.3 is 19.7 Å². The number of rotatable bonds is 2. The molecule has 1 saturated heterocycles. The van der Waals surface area contributed by atoms with Gasteiger partial charge in [0.05, 0.1) is 29.3 Å². The zero-order valence-corrected chi connectivity index (χ0v) is 17.2. The number of carbonyl (C=O) groups is 2. The molecule has 0 aromatic heterocycles. The van der Waals surface area contributed by atoms with Crippen molar-refractivity contribution in [3.05, 3.63) is 23.0 Å². The van der Waals surface area contributed by atoms with Crippen LogP contribution in [-0.2, 0) is 19.1 Å². The molecule has 6 atom stereocenters. The maximum atomic E-state index is 12.7. The molecular weight excluding hydrogens is 360 g/mol. The zero-order valence-electron chi connectivity index (χ0n) is 17.2. The molecule has 4 heterocycles. The molecule has 4 aliphatic rings. The Labute approximate surface area is 166 Å². The SMILES string of the molecule is CCC[C@H]1C(O)=C2CC[C@@]3(C)C[C@H](C)[C@@H](O3)[C@H](O)/C=C(/C)C(=O)C[C@H]1OC2=O. The van der Waals surface area contributed by atoms with Crippen molar-refractivity contribution in [3.63, 3.8) is 0 Å². The number of allylic oxidation sites excluding steroid dienone is 1. The van der Waals surface area contributed by atoms with E-state index in [0.717, 1.165) is 12.8 Å². The third-order valence-corrected chi connectivity index (χ3v) is 6.44. The molecule has 0 amide bonds. The minimum Gasteiger partial charge on any atom is -0.511 e. The third kappa shape index (κ3) is 4.03. The van der Waals surface area contributed by atoms with Gasteiger partial charge in [-0.1, -0.05) is 20.3 Å². The van der Waals surface area contributed by atoms with Crippen LogP contribution in [0.2, 0.25) is 0 Å². The Kier molecular flexibility index (Phi) is 6.01. The van der Waals surface area contributed by atoms with Gasteiger partial charge in [-0.25, -0.2) is 4.79 Å². The number of aliphatic hydroxyl groups excluding tert-OH is 2. The van der Waals surface area contributed by atoms with Gasteiger partial charge in [-0.05, 0) is 57.1 Å². The number of hydrogen-bond donors (Lipinski definition) is 2. The van der Waals surface area contributed by atoms with Crippen LogP contribution in [0.4, 0.5) is 0 Å². The number of ether oxygens (including phenoxy) is 2. The molecule has 0 aromatic rings. The van der Waals surface area contributed by atoms with E-state index >= 15 is 0 Å². The van der Waals surface area contributed by atoms with Crippen LogP contribution in [0, 0.1) is 11.8 Å². The van der Waals surface area contributed by atoms with Crippen molar-refractivity contribution in [2.24, 2.45) is 11.8 Å². The van der Waals surface area contributed by atoms with E-state index in [1.807, 2.05) is 20.8 Å². The average molecular weight is 392 g/mol. The van der Waals surface area contributed by atoms with Crippen LogP contribution in [-0.4, -0.2) is 45.9 Å². The summed E-state index contributed by atoms with van der Waals surface area (Å²) in [6.07, 6.45) is 2.72. The van der Waals surface area contributed by atoms with Gasteiger partial charge in [0, 0.05) is 6.42 Å². The molecule has 2 N–H and O–H groups in total. The summed E-state index contributed by atoms with van der Waals surface area (Å²) < 4.78 is 11.8. The topological polar surface area (TPSA) is 93.1 Å². The van der Waals surface area contributed by atoms with E-state index in [9.17, 15) is 19.8 Å². The zero-order chi connectivity index (χ0) is 20.6. The highest BCUT2D eigenvalue weighted by Crippen LogP contribution is 2.42. The van der Waals surface area contributed by atoms with Crippen LogP contribution >= 0.6 is 0 Å². The van der Waals surface area contributed by atoms with Crippen LogP contribution in [0.1, 0.15) is 66.2 Å². The minimum atomic E-state index is -0.859. The summed E-state index contributed by atoms with van der Waals surface area (Å²) in [5, 5.41) is 21.5. The van der Waals surface area contributed by atoms with Gasteiger partial charge in [-0.2, -0.15) is 0 Å². The Hall–Kier alpha value is -1.66. The molecule has 4 rings (SSSR count). The van der Waals surface area contributed by atoms with Crippen LogP contribution in [0.25, 0.3) is 0 Å².